The summed E-state index contributed by atoms with van der Waals surface area (Å²) in [6.45, 7) is 4.25. The zero-order chi connectivity index (χ0) is 16.2. The fourth-order valence-corrected chi connectivity index (χ4v) is 2.08. The molecule has 0 aliphatic rings. The minimum atomic E-state index is -0.697. The van der Waals surface area contributed by atoms with Gasteiger partial charge in [0.15, 0.2) is 17.5 Å². The summed E-state index contributed by atoms with van der Waals surface area (Å²) in [4.78, 5) is 4.43. The van der Waals surface area contributed by atoms with Gasteiger partial charge in [-0.05, 0) is 37.5 Å². The second-order valence-corrected chi connectivity index (χ2v) is 5.44. The number of aliphatic imine (C=N–C) groups is 1. The van der Waals surface area contributed by atoms with Crippen LogP contribution in [0.15, 0.2) is 23.2 Å². The Hall–Kier alpha value is -0.770. The van der Waals surface area contributed by atoms with Crippen LogP contribution in [-0.2, 0) is 0 Å². The van der Waals surface area contributed by atoms with E-state index in [0.29, 0.717) is 12.5 Å². The Kier molecular flexibility index (Phi) is 13.2. The third-order valence-electron chi connectivity index (χ3n) is 2.67. The lowest BCUT2D eigenvalue weighted by molar-refractivity contribution is 0.304. The van der Waals surface area contributed by atoms with Gasteiger partial charge >= 0.3 is 0 Å². The molecule has 0 bridgehead atoms. The van der Waals surface area contributed by atoms with E-state index < -0.39 is 11.6 Å². The van der Waals surface area contributed by atoms with Crippen molar-refractivity contribution < 1.29 is 13.5 Å². The van der Waals surface area contributed by atoms with E-state index in [9.17, 15) is 8.78 Å². The van der Waals surface area contributed by atoms with E-state index in [1.807, 2.05) is 6.92 Å². The molecular weight excluding hydrogens is 435 g/mol. The number of thioether (sulfide) groups is 1. The standard InChI is InChI=1S/C15H23F2N3OS.HI/c1-3-18-15(19-7-4-10-22-2)20-8-9-21-14-6-5-12(16)11-13(14)17;/h5-6,11H,3-4,7-10H2,1-2H3,(H2,18,19,20);1H. The highest BCUT2D eigenvalue weighted by molar-refractivity contribution is 14.0. The molecule has 0 amide bonds. The maximum Gasteiger partial charge on any atom is 0.191 e. The van der Waals surface area contributed by atoms with E-state index in [1.165, 1.54) is 12.1 Å². The van der Waals surface area contributed by atoms with E-state index in [1.54, 1.807) is 11.8 Å². The molecule has 0 aliphatic carbocycles. The van der Waals surface area contributed by atoms with E-state index >= 15 is 0 Å². The molecule has 0 fully saturated rings. The van der Waals surface area contributed by atoms with Crippen molar-refractivity contribution in [1.29, 1.82) is 0 Å². The van der Waals surface area contributed by atoms with Crippen molar-refractivity contribution in [3.8, 4) is 5.75 Å². The Morgan fingerprint density at radius 2 is 2.09 bits per heavy atom. The van der Waals surface area contributed by atoms with Crippen molar-refractivity contribution in [2.45, 2.75) is 13.3 Å². The number of ether oxygens (including phenoxy) is 1. The van der Waals surface area contributed by atoms with Crippen molar-refractivity contribution in [3.05, 3.63) is 29.8 Å². The number of nitrogens with one attached hydrogen (secondary N) is 2. The summed E-state index contributed by atoms with van der Waals surface area (Å²) < 4.78 is 31.4. The molecule has 0 atom stereocenters. The smallest absolute Gasteiger partial charge is 0.191 e. The van der Waals surface area contributed by atoms with Crippen LogP contribution in [0.4, 0.5) is 8.78 Å². The van der Waals surface area contributed by atoms with Crippen molar-refractivity contribution in [1.82, 2.24) is 10.6 Å². The summed E-state index contributed by atoms with van der Waals surface area (Å²) >= 11 is 1.80. The Morgan fingerprint density at radius 3 is 2.74 bits per heavy atom. The molecule has 0 unspecified atom stereocenters. The van der Waals surface area contributed by atoms with Crippen molar-refractivity contribution in [2.24, 2.45) is 4.99 Å². The Labute approximate surface area is 157 Å². The molecule has 0 heterocycles. The van der Waals surface area contributed by atoms with Crippen LogP contribution in [0.25, 0.3) is 0 Å². The van der Waals surface area contributed by atoms with Crippen LogP contribution in [0, 0.1) is 11.6 Å². The molecule has 0 aliphatic heterocycles. The van der Waals surface area contributed by atoms with Gasteiger partial charge < -0.3 is 15.4 Å². The van der Waals surface area contributed by atoms with E-state index in [-0.39, 0.29) is 36.3 Å². The summed E-state index contributed by atoms with van der Waals surface area (Å²) in [5, 5.41) is 6.24. The van der Waals surface area contributed by atoms with Crippen LogP contribution in [0.5, 0.6) is 5.75 Å². The number of benzene rings is 1. The number of halogens is 3. The Balaban J connectivity index is 0.00000484. The van der Waals surface area contributed by atoms with E-state index in [4.69, 9.17) is 4.74 Å². The molecule has 23 heavy (non-hydrogen) atoms. The third kappa shape index (κ3) is 9.85. The largest absolute Gasteiger partial charge is 0.489 e. The topological polar surface area (TPSA) is 45.7 Å². The molecule has 0 spiro atoms. The molecular formula is C15H24F2IN3OS. The first-order valence-corrected chi connectivity index (χ1v) is 8.65. The first kappa shape index (κ1) is 22.2. The van der Waals surface area contributed by atoms with Crippen LogP contribution in [0.2, 0.25) is 0 Å². The lowest BCUT2D eigenvalue weighted by atomic mass is 10.3. The molecule has 1 aromatic rings. The van der Waals surface area contributed by atoms with Gasteiger partial charge in [0, 0.05) is 19.2 Å². The highest BCUT2D eigenvalue weighted by Gasteiger charge is 2.04. The van der Waals surface area contributed by atoms with Crippen LogP contribution in [0.1, 0.15) is 13.3 Å². The molecule has 4 nitrogen and oxygen atoms in total. The SMILES string of the molecule is CCNC(=NCCCSC)NCCOc1ccc(F)cc1F.I. The number of nitrogens with zero attached hydrogens (tertiary/aromatic N) is 1. The number of hydrogen-bond donors (Lipinski definition) is 2. The average Bonchev–Trinajstić information content (AvgIpc) is 2.49. The van der Waals surface area contributed by atoms with Crippen LogP contribution in [-0.4, -0.2) is 44.2 Å². The zero-order valence-electron chi connectivity index (χ0n) is 13.4. The lowest BCUT2D eigenvalue weighted by Gasteiger charge is -2.12. The minimum absolute atomic E-state index is 0. The maximum absolute atomic E-state index is 13.4. The van der Waals surface area contributed by atoms with Crippen LogP contribution in [0.3, 0.4) is 0 Å². The second-order valence-electron chi connectivity index (χ2n) is 4.46. The van der Waals surface area contributed by atoms with Crippen LogP contribution >= 0.6 is 35.7 Å². The molecule has 0 saturated carbocycles. The van der Waals surface area contributed by atoms with E-state index in [2.05, 4.69) is 21.9 Å². The third-order valence-corrected chi connectivity index (χ3v) is 3.36. The highest BCUT2D eigenvalue weighted by atomic mass is 127. The molecule has 2 N–H and O–H groups in total. The normalized spacial score (nSPS) is 10.9. The van der Waals surface area contributed by atoms with Gasteiger partial charge in [-0.25, -0.2) is 8.78 Å². The summed E-state index contributed by atoms with van der Waals surface area (Å²) in [6.07, 6.45) is 3.09. The molecule has 8 heteroatoms. The van der Waals surface area contributed by atoms with Crippen molar-refractivity contribution in [3.63, 3.8) is 0 Å². The van der Waals surface area contributed by atoms with Crippen LogP contribution < -0.4 is 15.4 Å². The first-order valence-electron chi connectivity index (χ1n) is 7.26. The first-order chi connectivity index (χ1) is 10.7. The van der Waals surface area contributed by atoms with E-state index in [0.717, 1.165) is 31.3 Å². The molecule has 0 aromatic heterocycles. The summed E-state index contributed by atoms with van der Waals surface area (Å²) in [5.74, 6) is 0.528. The molecule has 1 rings (SSSR count). The zero-order valence-corrected chi connectivity index (χ0v) is 16.5. The number of guanidine groups is 1. The fraction of sp³-hybridized carbons (Fsp3) is 0.533. The monoisotopic (exact) mass is 459 g/mol. The predicted octanol–water partition coefficient (Wildman–Crippen LogP) is 3.27. The molecule has 0 saturated heterocycles. The summed E-state index contributed by atoms with van der Waals surface area (Å²) in [7, 11) is 0. The van der Waals surface area contributed by atoms with Gasteiger partial charge in [-0.15, -0.1) is 24.0 Å². The molecule has 132 valence electrons. The van der Waals surface area contributed by atoms with Gasteiger partial charge in [0.25, 0.3) is 0 Å². The summed E-state index contributed by atoms with van der Waals surface area (Å²) in [6, 6.07) is 3.26. The number of rotatable bonds is 9. The predicted molar refractivity (Wildman–Crippen MR) is 104 cm³/mol. The van der Waals surface area contributed by atoms with Gasteiger partial charge in [-0.1, -0.05) is 0 Å². The maximum atomic E-state index is 13.4. The van der Waals surface area contributed by atoms with Gasteiger partial charge in [0.1, 0.15) is 12.4 Å². The van der Waals surface area contributed by atoms with Crippen molar-refractivity contribution in [2.75, 3.05) is 38.2 Å². The quantitative estimate of drug-likeness (QED) is 0.258. The fourth-order valence-electron chi connectivity index (χ4n) is 1.66. The Morgan fingerprint density at radius 1 is 1.30 bits per heavy atom. The minimum Gasteiger partial charge on any atom is -0.489 e. The van der Waals surface area contributed by atoms with Gasteiger partial charge in [0.05, 0.1) is 6.54 Å². The molecule has 0 radical (unpaired) electrons. The van der Waals surface area contributed by atoms with Gasteiger partial charge in [-0.2, -0.15) is 11.8 Å². The van der Waals surface area contributed by atoms with Gasteiger partial charge in [0.2, 0.25) is 0 Å². The van der Waals surface area contributed by atoms with Gasteiger partial charge in [-0.3, -0.25) is 4.99 Å². The summed E-state index contributed by atoms with van der Waals surface area (Å²) in [5.41, 5.74) is 0. The Bertz CT molecular complexity index is 478. The number of hydrogen-bond acceptors (Lipinski definition) is 3. The molecule has 1 aromatic carbocycles. The average molecular weight is 459 g/mol. The lowest BCUT2D eigenvalue weighted by Crippen LogP contribution is -2.39. The van der Waals surface area contributed by atoms with Crippen molar-refractivity contribution >= 4 is 41.7 Å². The second kappa shape index (κ2) is 13.6. The highest BCUT2D eigenvalue weighted by Crippen LogP contribution is 2.17.